The van der Waals surface area contributed by atoms with E-state index in [2.05, 4.69) is 4.86 Å². The number of hydrogen-bond acceptors (Lipinski definition) is 14. The fourth-order valence-corrected chi connectivity index (χ4v) is 29.8. The zero-order valence-electron chi connectivity index (χ0n) is 33.5. The molecule has 5 atom stereocenters. The van der Waals surface area contributed by atoms with Gasteiger partial charge in [-0.25, -0.2) is 0 Å². The standard InChI is InChI=1S/C37H50N6O8P6S3/c1-46-52(50-33-25-21-31(44)22-26-33)40-55(4,42-54(3,38)51-34-27-23-32(45)24-28-34)48-29-30-49-57(39,60-37-19-13-8-14-20-37)43-56(5,59-36-17-11-7-12-18-36)41-53(47-2)58-35-15-9-6-10-16-35/h6-28,40,44-45,55H,29-30,38-39H2,1-5H3. The van der Waals surface area contributed by atoms with Gasteiger partial charge in [-0.15, -0.1) is 0 Å². The van der Waals surface area contributed by atoms with Gasteiger partial charge in [0, 0.05) is 0 Å². The Morgan fingerprint density at radius 1 is 0.683 bits per heavy atom. The number of phenols is 2. The van der Waals surface area contributed by atoms with E-state index in [4.69, 9.17) is 51.7 Å². The molecule has 0 aromatic heterocycles. The Morgan fingerprint density at radius 2 is 1.20 bits per heavy atom. The van der Waals surface area contributed by atoms with E-state index in [9.17, 15) is 10.2 Å². The van der Waals surface area contributed by atoms with Gasteiger partial charge in [0.25, 0.3) is 0 Å². The third-order valence-electron chi connectivity index (χ3n) is 7.36. The van der Waals surface area contributed by atoms with Crippen molar-refractivity contribution in [3.63, 3.8) is 0 Å². The van der Waals surface area contributed by atoms with Gasteiger partial charge in [0.1, 0.15) is 0 Å². The predicted molar refractivity (Wildman–Crippen MR) is 260 cm³/mol. The normalized spacial score (nSPS) is 15.9. The number of hydrogen-bond donors (Lipinski definition) is 5. The van der Waals surface area contributed by atoms with Crippen LogP contribution in [0.3, 0.4) is 0 Å². The van der Waals surface area contributed by atoms with Crippen molar-refractivity contribution < 1.29 is 37.4 Å². The van der Waals surface area contributed by atoms with Crippen LogP contribution in [0.5, 0.6) is 23.0 Å². The van der Waals surface area contributed by atoms with Crippen LogP contribution >= 0.6 is 78.4 Å². The minimum atomic E-state index is -3.45. The second-order valence-electron chi connectivity index (χ2n) is 12.6. The van der Waals surface area contributed by atoms with E-state index in [1.807, 2.05) is 104 Å². The summed E-state index contributed by atoms with van der Waals surface area (Å²) in [5.41, 5.74) is 14.0. The van der Waals surface area contributed by atoms with Crippen molar-refractivity contribution in [2.24, 2.45) is 24.6 Å². The van der Waals surface area contributed by atoms with Crippen LogP contribution < -0.4 is 24.9 Å². The molecule has 14 nitrogen and oxygen atoms in total. The van der Waals surface area contributed by atoms with Crippen LogP contribution in [0.25, 0.3) is 0 Å². The zero-order valence-corrected chi connectivity index (χ0v) is 41.4. The second-order valence-corrected chi connectivity index (χ2v) is 33.2. The van der Waals surface area contributed by atoms with Gasteiger partial charge < -0.3 is 0 Å². The first-order valence-electron chi connectivity index (χ1n) is 18.0. The van der Waals surface area contributed by atoms with Crippen molar-refractivity contribution >= 4 is 78.4 Å². The average Bonchev–Trinajstić information content (AvgIpc) is 3.21. The molecule has 5 rings (SSSR count). The number of rotatable bonds is 22. The van der Waals surface area contributed by atoms with E-state index in [0.29, 0.717) is 11.5 Å². The number of nitrogens with one attached hydrogen (secondary N) is 1. The van der Waals surface area contributed by atoms with Crippen molar-refractivity contribution in [2.45, 2.75) is 14.7 Å². The minimum absolute atomic E-state index is 0.0428. The number of aromatic hydroxyl groups is 2. The molecule has 5 aromatic carbocycles. The first kappa shape index (κ1) is 49.1. The summed E-state index contributed by atoms with van der Waals surface area (Å²) in [6, 6.07) is 42.3. The number of phenolic OH excluding ortho intramolecular Hbond substituents is 2. The fraction of sp³-hybridized carbons (Fsp3) is 0.189. The quantitative estimate of drug-likeness (QED) is 0.0324. The van der Waals surface area contributed by atoms with Crippen LogP contribution in [0.4, 0.5) is 0 Å². The van der Waals surface area contributed by atoms with Crippen LogP contribution in [-0.2, 0) is 18.1 Å². The summed E-state index contributed by atoms with van der Waals surface area (Å²) in [7, 11) is -6.47. The zero-order chi connectivity index (χ0) is 43.1. The van der Waals surface area contributed by atoms with Gasteiger partial charge in [0.15, 0.2) is 0 Å². The molecule has 0 spiro atoms. The van der Waals surface area contributed by atoms with Gasteiger partial charge in [0.2, 0.25) is 0 Å². The molecular weight excluding hydrogens is 938 g/mol. The Labute approximate surface area is 367 Å². The maximum atomic E-state index is 9.80. The summed E-state index contributed by atoms with van der Waals surface area (Å²) in [5.74, 6) is 1.08. The summed E-state index contributed by atoms with van der Waals surface area (Å²) >= 11 is 4.51. The van der Waals surface area contributed by atoms with Crippen LogP contribution in [0, 0.1) is 0 Å². The predicted octanol–water partition coefficient (Wildman–Crippen LogP) is 13.6. The molecule has 23 heteroatoms. The van der Waals surface area contributed by atoms with Gasteiger partial charge in [-0.1, -0.05) is 18.2 Å². The summed E-state index contributed by atoms with van der Waals surface area (Å²) < 4.78 is 52.8. The van der Waals surface area contributed by atoms with Crippen molar-refractivity contribution in [1.29, 1.82) is 0 Å². The SMILES string of the molecule is COP(N[PH](C)(N=P(C)(N)Oc1ccc(O)cc1)OCCOP(N)(=NP(C)(=NP(OC)Sc1ccccc1)Sc1ccccc1)Sc1ccccc1)Oc1ccc(O)cc1. The topological polar surface area (TPSA) is 197 Å². The Bertz CT molecular complexity index is 2260. The van der Waals surface area contributed by atoms with Crippen LogP contribution in [0.2, 0.25) is 0 Å². The van der Waals surface area contributed by atoms with Gasteiger partial charge in [-0.3, -0.25) is 0 Å². The molecule has 0 fully saturated rings. The molecule has 324 valence electrons. The van der Waals surface area contributed by atoms with Crippen LogP contribution in [-0.4, -0.2) is 57.6 Å². The summed E-state index contributed by atoms with van der Waals surface area (Å²) in [6.45, 7) is 2.47. The summed E-state index contributed by atoms with van der Waals surface area (Å²) in [5, 5.41) is 19.6. The first-order chi connectivity index (χ1) is 28.7. The molecule has 0 heterocycles. The molecule has 0 amide bonds. The van der Waals surface area contributed by atoms with Crippen molar-refractivity contribution in [2.75, 3.05) is 47.4 Å². The van der Waals surface area contributed by atoms with E-state index in [1.165, 1.54) is 42.8 Å². The van der Waals surface area contributed by atoms with E-state index in [0.717, 1.165) is 14.7 Å². The Hall–Kier alpha value is -1.95. The van der Waals surface area contributed by atoms with Gasteiger partial charge in [-0.05, 0) is 0 Å². The first-order valence-corrected chi connectivity index (χ1v) is 33.1. The third-order valence-corrected chi connectivity index (χ3v) is 29.8. The van der Waals surface area contributed by atoms with Crippen molar-refractivity contribution in [3.05, 3.63) is 140 Å². The van der Waals surface area contributed by atoms with Gasteiger partial charge in [-0.2, -0.15) is 0 Å². The molecule has 60 heavy (non-hydrogen) atoms. The van der Waals surface area contributed by atoms with Crippen molar-refractivity contribution in [1.82, 2.24) is 4.86 Å². The molecular formula is C37H50N6O8P6S3. The van der Waals surface area contributed by atoms with Crippen LogP contribution in [0.1, 0.15) is 0 Å². The molecule has 5 aromatic rings. The number of benzene rings is 5. The molecule has 0 saturated heterocycles. The maximum absolute atomic E-state index is 9.80. The van der Waals surface area contributed by atoms with E-state index >= 15 is 0 Å². The molecule has 7 N–H and O–H groups in total. The Morgan fingerprint density at radius 3 is 1.73 bits per heavy atom. The Balaban J connectivity index is 1.46. The average molecular weight is 989 g/mol. The number of nitrogens with zero attached hydrogens (tertiary/aromatic N) is 3. The van der Waals surface area contributed by atoms with Gasteiger partial charge >= 0.3 is 352 Å². The molecule has 0 radical (unpaired) electrons. The number of nitrogens with two attached hydrogens (primary N) is 2. The molecule has 0 bridgehead atoms. The summed E-state index contributed by atoms with van der Waals surface area (Å²) in [6.07, 6.45) is -2.69. The Kier molecular flexibility index (Phi) is 19.3. The van der Waals surface area contributed by atoms with E-state index in [1.54, 1.807) is 60.8 Å². The van der Waals surface area contributed by atoms with Crippen LogP contribution in [0.15, 0.2) is 168 Å². The van der Waals surface area contributed by atoms with Crippen molar-refractivity contribution in [3.8, 4) is 23.0 Å². The van der Waals surface area contributed by atoms with E-state index < -0.39 is 44.3 Å². The molecule has 0 saturated carbocycles. The molecule has 0 aliphatic carbocycles. The molecule has 0 aliphatic heterocycles. The molecule has 5 unspecified atom stereocenters. The monoisotopic (exact) mass is 988 g/mol. The van der Waals surface area contributed by atoms with E-state index in [-0.39, 0.29) is 24.7 Å². The fourth-order valence-electron chi connectivity index (χ4n) is 4.96. The summed E-state index contributed by atoms with van der Waals surface area (Å²) in [4.78, 5) is 6.27. The molecule has 0 aliphatic rings. The third kappa shape index (κ3) is 17.0. The van der Waals surface area contributed by atoms with Gasteiger partial charge in [0.05, 0.1) is 0 Å². The second kappa shape index (κ2) is 23.7.